The molecule has 7 heteroatoms. The van der Waals surface area contributed by atoms with Crippen molar-refractivity contribution in [2.75, 3.05) is 26.5 Å². The second-order valence-corrected chi connectivity index (χ2v) is 9.64. The summed E-state index contributed by atoms with van der Waals surface area (Å²) in [6.45, 7) is 4.43. The average molecular weight is 408 g/mol. The second kappa shape index (κ2) is 8.12. The molecule has 0 amide bonds. The number of rotatable bonds is 6. The highest BCUT2D eigenvalue weighted by Crippen LogP contribution is 2.44. The highest BCUT2D eigenvalue weighted by molar-refractivity contribution is 8.00. The van der Waals surface area contributed by atoms with Gasteiger partial charge in [-0.2, -0.15) is 4.31 Å². The van der Waals surface area contributed by atoms with Crippen molar-refractivity contribution in [1.29, 1.82) is 0 Å². The molecule has 5 nitrogen and oxygen atoms in total. The first-order chi connectivity index (χ1) is 12.9. The van der Waals surface area contributed by atoms with E-state index in [1.54, 1.807) is 42.4 Å². The van der Waals surface area contributed by atoms with Gasteiger partial charge < -0.3 is 9.47 Å². The summed E-state index contributed by atoms with van der Waals surface area (Å²) < 4.78 is 39.1. The van der Waals surface area contributed by atoms with Gasteiger partial charge in [0.25, 0.3) is 0 Å². The number of fused-ring (bicyclic) bond motifs is 1. The first-order valence-electron chi connectivity index (χ1n) is 8.87. The highest BCUT2D eigenvalue weighted by atomic mass is 32.2. The lowest BCUT2D eigenvalue weighted by molar-refractivity contribution is 0.347. The SMILES string of the molecule is CCSC1c2cc(OC)c(OC)cc2CCN1S(=O)(=O)c1ccc(C)cc1. The molecule has 2 aromatic carbocycles. The van der Waals surface area contributed by atoms with E-state index in [1.807, 2.05) is 38.1 Å². The Morgan fingerprint density at radius 1 is 1.11 bits per heavy atom. The fourth-order valence-electron chi connectivity index (χ4n) is 3.31. The molecule has 0 aliphatic carbocycles. The summed E-state index contributed by atoms with van der Waals surface area (Å²) in [5.74, 6) is 2.09. The predicted molar refractivity (Wildman–Crippen MR) is 109 cm³/mol. The first kappa shape index (κ1) is 20.0. The normalized spacial score (nSPS) is 17.4. The Morgan fingerprint density at radius 3 is 2.33 bits per heavy atom. The molecule has 0 aromatic heterocycles. The number of benzene rings is 2. The van der Waals surface area contributed by atoms with Crippen molar-refractivity contribution in [3.8, 4) is 11.5 Å². The Balaban J connectivity index is 2.07. The van der Waals surface area contributed by atoms with Crippen molar-refractivity contribution in [2.24, 2.45) is 0 Å². The molecule has 1 unspecified atom stereocenters. The summed E-state index contributed by atoms with van der Waals surface area (Å²) in [4.78, 5) is 0.332. The molecule has 1 aliphatic rings. The van der Waals surface area contributed by atoms with Crippen LogP contribution in [0.1, 0.15) is 29.0 Å². The molecule has 0 spiro atoms. The lowest BCUT2D eigenvalue weighted by atomic mass is 10.00. The standard InChI is InChI=1S/C20H25NO4S2/c1-5-26-20-17-13-19(25-4)18(24-3)12-15(17)10-11-21(20)27(22,23)16-8-6-14(2)7-9-16/h6-9,12-13,20H,5,10-11H2,1-4H3. The molecule has 0 N–H and O–H groups in total. The molecule has 1 atom stereocenters. The smallest absolute Gasteiger partial charge is 0.244 e. The van der Waals surface area contributed by atoms with Crippen LogP contribution in [-0.2, 0) is 16.4 Å². The van der Waals surface area contributed by atoms with Gasteiger partial charge in [0.2, 0.25) is 10.0 Å². The number of aryl methyl sites for hydroxylation is 1. The van der Waals surface area contributed by atoms with Gasteiger partial charge in [0, 0.05) is 6.54 Å². The zero-order valence-corrected chi connectivity index (χ0v) is 17.7. The number of thioether (sulfide) groups is 1. The summed E-state index contributed by atoms with van der Waals surface area (Å²) >= 11 is 1.61. The van der Waals surface area contributed by atoms with E-state index in [0.29, 0.717) is 29.4 Å². The van der Waals surface area contributed by atoms with Crippen LogP contribution < -0.4 is 9.47 Å². The molecule has 3 rings (SSSR count). The molecule has 1 heterocycles. The second-order valence-electron chi connectivity index (χ2n) is 6.39. The Labute approximate surface area is 165 Å². The van der Waals surface area contributed by atoms with E-state index in [0.717, 1.165) is 22.4 Å². The minimum Gasteiger partial charge on any atom is -0.493 e. The minimum absolute atomic E-state index is 0.287. The van der Waals surface area contributed by atoms with Gasteiger partial charge in [-0.3, -0.25) is 0 Å². The number of nitrogens with zero attached hydrogens (tertiary/aromatic N) is 1. The molecular weight excluding hydrogens is 382 g/mol. The molecule has 0 saturated carbocycles. The third-order valence-electron chi connectivity index (χ3n) is 4.73. The van der Waals surface area contributed by atoms with E-state index in [2.05, 4.69) is 0 Å². The molecule has 2 aromatic rings. The monoisotopic (exact) mass is 407 g/mol. The number of ether oxygens (including phenoxy) is 2. The summed E-state index contributed by atoms with van der Waals surface area (Å²) in [5, 5.41) is -0.287. The third-order valence-corrected chi connectivity index (χ3v) is 7.90. The van der Waals surface area contributed by atoms with E-state index in [1.165, 1.54) is 0 Å². The van der Waals surface area contributed by atoms with Gasteiger partial charge in [0.15, 0.2) is 11.5 Å². The van der Waals surface area contributed by atoms with Crippen LogP contribution >= 0.6 is 11.8 Å². The topological polar surface area (TPSA) is 55.8 Å². The fourth-order valence-corrected chi connectivity index (χ4v) is 6.27. The van der Waals surface area contributed by atoms with Crippen LogP contribution in [0.5, 0.6) is 11.5 Å². The maximum absolute atomic E-state index is 13.3. The van der Waals surface area contributed by atoms with Gasteiger partial charge in [-0.1, -0.05) is 24.6 Å². The average Bonchev–Trinajstić information content (AvgIpc) is 2.67. The first-order valence-corrected chi connectivity index (χ1v) is 11.4. The summed E-state index contributed by atoms with van der Waals surface area (Å²) in [7, 11) is -0.384. The van der Waals surface area contributed by atoms with Crippen LogP contribution in [0.25, 0.3) is 0 Å². The van der Waals surface area contributed by atoms with Crippen LogP contribution in [-0.4, -0.2) is 39.2 Å². The fraction of sp³-hybridized carbons (Fsp3) is 0.400. The Hall–Kier alpha value is -1.70. The van der Waals surface area contributed by atoms with E-state index < -0.39 is 10.0 Å². The van der Waals surface area contributed by atoms with Gasteiger partial charge in [-0.15, -0.1) is 11.8 Å². The van der Waals surface area contributed by atoms with Crippen molar-refractivity contribution < 1.29 is 17.9 Å². The predicted octanol–water partition coefficient (Wildman–Crippen LogP) is 4.01. The number of sulfonamides is 1. The van der Waals surface area contributed by atoms with Crippen molar-refractivity contribution in [2.45, 2.75) is 30.5 Å². The summed E-state index contributed by atoms with van der Waals surface area (Å²) in [6, 6.07) is 10.9. The zero-order valence-electron chi connectivity index (χ0n) is 16.1. The summed E-state index contributed by atoms with van der Waals surface area (Å²) in [5.41, 5.74) is 3.12. The van der Waals surface area contributed by atoms with Crippen molar-refractivity contribution in [3.05, 3.63) is 53.1 Å². The van der Waals surface area contributed by atoms with Gasteiger partial charge >= 0.3 is 0 Å². The lowest BCUT2D eigenvalue weighted by Crippen LogP contribution is -2.39. The lowest BCUT2D eigenvalue weighted by Gasteiger charge is -2.36. The third kappa shape index (κ3) is 3.81. The van der Waals surface area contributed by atoms with Crippen LogP contribution in [0.3, 0.4) is 0 Å². The van der Waals surface area contributed by atoms with E-state index in [9.17, 15) is 8.42 Å². The van der Waals surface area contributed by atoms with E-state index >= 15 is 0 Å². The molecule has 27 heavy (non-hydrogen) atoms. The Bertz CT molecular complexity index is 910. The number of methoxy groups -OCH3 is 2. The van der Waals surface area contributed by atoms with E-state index in [-0.39, 0.29) is 5.37 Å². The van der Waals surface area contributed by atoms with Crippen molar-refractivity contribution >= 4 is 21.8 Å². The van der Waals surface area contributed by atoms with Gasteiger partial charge in [-0.25, -0.2) is 8.42 Å². The molecule has 146 valence electrons. The molecule has 0 radical (unpaired) electrons. The molecule has 0 bridgehead atoms. The van der Waals surface area contributed by atoms with Crippen LogP contribution in [0.4, 0.5) is 0 Å². The van der Waals surface area contributed by atoms with Crippen LogP contribution in [0.2, 0.25) is 0 Å². The largest absolute Gasteiger partial charge is 0.493 e. The maximum Gasteiger partial charge on any atom is 0.244 e. The molecule has 0 fully saturated rings. The van der Waals surface area contributed by atoms with Crippen LogP contribution in [0, 0.1) is 6.92 Å². The van der Waals surface area contributed by atoms with Crippen molar-refractivity contribution in [3.63, 3.8) is 0 Å². The maximum atomic E-state index is 13.3. The zero-order chi connectivity index (χ0) is 19.6. The highest BCUT2D eigenvalue weighted by Gasteiger charge is 2.37. The number of hydrogen-bond donors (Lipinski definition) is 0. The van der Waals surface area contributed by atoms with Gasteiger partial charge in [0.05, 0.1) is 24.5 Å². The van der Waals surface area contributed by atoms with Crippen molar-refractivity contribution in [1.82, 2.24) is 4.31 Å². The number of hydrogen-bond acceptors (Lipinski definition) is 5. The minimum atomic E-state index is -3.59. The Kier molecular flexibility index (Phi) is 6.03. The molecule has 1 aliphatic heterocycles. The van der Waals surface area contributed by atoms with Crippen LogP contribution in [0.15, 0.2) is 41.3 Å². The Morgan fingerprint density at radius 2 is 1.74 bits per heavy atom. The molecule has 0 saturated heterocycles. The molecular formula is C20H25NO4S2. The van der Waals surface area contributed by atoms with Gasteiger partial charge in [0.1, 0.15) is 0 Å². The quantitative estimate of drug-likeness (QED) is 0.724. The summed E-state index contributed by atoms with van der Waals surface area (Å²) in [6.07, 6.45) is 0.640. The van der Waals surface area contributed by atoms with E-state index in [4.69, 9.17) is 9.47 Å². The van der Waals surface area contributed by atoms with Gasteiger partial charge in [-0.05, 0) is 54.5 Å².